The van der Waals surface area contributed by atoms with Gasteiger partial charge in [0.15, 0.2) is 0 Å². The summed E-state index contributed by atoms with van der Waals surface area (Å²) in [7, 11) is 0. The molecule has 0 aromatic heterocycles. The molecule has 0 atom stereocenters. The average molecular weight is 355 g/mol. The van der Waals surface area contributed by atoms with E-state index >= 15 is 0 Å². The van der Waals surface area contributed by atoms with Crippen LogP contribution >= 0.6 is 77.8 Å². The molecular weight excluding hydrogens is 351 g/mol. The quantitative estimate of drug-likeness (QED) is 0.586. The summed E-state index contributed by atoms with van der Waals surface area (Å²) in [5.41, 5.74) is 0. The predicted octanol–water partition coefficient (Wildman–Crippen LogP) is 3.17. The first-order valence-corrected chi connectivity index (χ1v) is 0. The topological polar surface area (TPSA) is 0 Å². The van der Waals surface area contributed by atoms with E-state index in [1.165, 1.54) is 0 Å². The van der Waals surface area contributed by atoms with Gasteiger partial charge in [-0.1, -0.05) is 0 Å². The fraction of sp³-hybridized carbons (Fsp3) is 0. The zero-order chi connectivity index (χ0) is 0. The summed E-state index contributed by atoms with van der Waals surface area (Å²) in [6.45, 7) is 0. The molecule has 0 heterocycles. The highest BCUT2D eigenvalue weighted by atomic mass is 79.9. The normalized spacial score (nSPS) is 0. The molecule has 36 valence electrons. The highest BCUT2D eigenvalue weighted by Crippen LogP contribution is 0.862. The van der Waals surface area contributed by atoms with Gasteiger partial charge >= 0.3 is 9.90 Å². The van der Waals surface area contributed by atoms with E-state index in [1.54, 1.807) is 0 Å². The molecule has 0 nitrogen and oxygen atoms in total. The minimum Gasteiger partial charge on any atom is -0.114 e. The highest BCUT2D eigenvalue weighted by molar-refractivity contribution is 8.93. The molecule has 0 aliphatic rings. The Morgan fingerprint density at radius 2 is 0.400 bits per heavy atom. The minimum atomic E-state index is 0. The second-order valence-electron chi connectivity index (χ2n) is 0. The van der Waals surface area contributed by atoms with E-state index in [4.69, 9.17) is 0 Å². The fourth-order valence-corrected chi connectivity index (χ4v) is 0. The summed E-state index contributed by atoms with van der Waals surface area (Å²) in [6.07, 6.45) is 0. The molecule has 0 aromatic rings. The van der Waals surface area contributed by atoms with Gasteiger partial charge in [0.1, 0.15) is 0 Å². The molecule has 0 saturated heterocycles. The van der Waals surface area contributed by atoms with Crippen LogP contribution in [0.25, 0.3) is 0 Å². The second kappa shape index (κ2) is 32.9. The van der Waals surface area contributed by atoms with E-state index in [9.17, 15) is 0 Å². The van der Waals surface area contributed by atoms with Gasteiger partial charge in [0.05, 0.1) is 0 Å². The van der Waals surface area contributed by atoms with Crippen LogP contribution in [0.3, 0.4) is 0 Å². The lowest BCUT2D eigenvalue weighted by molar-refractivity contribution is 6.92. The molecule has 4 radical (unpaired) electrons. The van der Waals surface area contributed by atoms with Gasteiger partial charge in [0.2, 0.25) is 0 Å². The monoisotopic (exact) mass is 351 g/mol. The van der Waals surface area contributed by atoms with Crippen LogP contribution in [0.1, 0.15) is 0 Å². The van der Waals surface area contributed by atoms with Gasteiger partial charge in [0.25, 0.3) is 0 Å². The molecule has 0 spiro atoms. The van der Waals surface area contributed by atoms with Crippen molar-refractivity contribution in [1.82, 2.24) is 0 Å². The number of rotatable bonds is 0. The van der Waals surface area contributed by atoms with Gasteiger partial charge in [-0.25, -0.2) is 0 Å². The Labute approximate surface area is 77.2 Å². The molecule has 5 heteroatoms. The number of halogens is 4. The maximum absolute atomic E-state index is 0. The first kappa shape index (κ1) is 53.7. The van der Waals surface area contributed by atoms with Crippen molar-refractivity contribution in [2.75, 3.05) is 0 Å². The van der Waals surface area contributed by atoms with Gasteiger partial charge in [-0.05, 0) is 0 Å². The summed E-state index contributed by atoms with van der Waals surface area (Å²) in [5.74, 6) is 0. The van der Waals surface area contributed by atoms with E-state index in [1.807, 2.05) is 0 Å². The Balaban J connectivity index is 0. The maximum atomic E-state index is 0. The van der Waals surface area contributed by atoms with Crippen molar-refractivity contribution in [3.05, 3.63) is 0 Å². The summed E-state index contributed by atoms with van der Waals surface area (Å²) >= 11 is 0. The molecular formula is H4Br4P+. The lowest BCUT2D eigenvalue weighted by Gasteiger charge is -0.115. The zero-order valence-corrected chi connectivity index (χ0v) is 9.83. The molecule has 0 saturated carbocycles. The molecule has 0 amide bonds. The van der Waals surface area contributed by atoms with Crippen LogP contribution in [0.4, 0.5) is 0 Å². The van der Waals surface area contributed by atoms with Gasteiger partial charge in [-0.3, -0.25) is 0 Å². The smallest absolute Gasteiger partial charge is 0.114 e. The van der Waals surface area contributed by atoms with Crippen molar-refractivity contribution in [1.29, 1.82) is 0 Å². The fourth-order valence-electron chi connectivity index (χ4n) is 0. The average Bonchev–Trinajstić information content (AvgIpc) is 0. The van der Waals surface area contributed by atoms with Crippen LogP contribution in [0.15, 0.2) is 0 Å². The first-order valence-electron chi connectivity index (χ1n) is 0. The standard InChI is InChI=1S/4BrH.P/h4*1H;/q;;;;+1. The lowest BCUT2D eigenvalue weighted by Crippen LogP contribution is 0.845. The van der Waals surface area contributed by atoms with Crippen LogP contribution in [0.2, 0.25) is 0 Å². The number of hydrogen-bond donors (Lipinski definition) is 0. The molecule has 0 fully saturated rings. The van der Waals surface area contributed by atoms with E-state index in [2.05, 4.69) is 0 Å². The van der Waals surface area contributed by atoms with Crippen LogP contribution in [-0.4, -0.2) is 0 Å². The van der Waals surface area contributed by atoms with E-state index in [-0.39, 0.29) is 77.8 Å². The summed E-state index contributed by atoms with van der Waals surface area (Å²) in [6, 6.07) is 0. The van der Waals surface area contributed by atoms with Gasteiger partial charge in [-0.2, -0.15) is 0 Å². The van der Waals surface area contributed by atoms with Gasteiger partial charge in [-0.15, -0.1) is 67.9 Å². The molecule has 0 aliphatic carbocycles. The third-order valence-electron chi connectivity index (χ3n) is 0. The maximum Gasteiger partial charge on any atom is 1.00 e. The number of hydrogen-bond acceptors (Lipinski definition) is 0. The van der Waals surface area contributed by atoms with E-state index in [0.29, 0.717) is 0 Å². The van der Waals surface area contributed by atoms with Crippen LogP contribution in [0.5, 0.6) is 0 Å². The van der Waals surface area contributed by atoms with Crippen LogP contribution in [-0.2, 0) is 0 Å². The molecule has 5 heavy (non-hydrogen) atoms. The third-order valence-corrected chi connectivity index (χ3v) is 0. The van der Waals surface area contributed by atoms with Crippen molar-refractivity contribution in [2.45, 2.75) is 0 Å². The van der Waals surface area contributed by atoms with Gasteiger partial charge < -0.3 is 0 Å². The van der Waals surface area contributed by atoms with Gasteiger partial charge in [0, 0.05) is 0 Å². The summed E-state index contributed by atoms with van der Waals surface area (Å²) in [5, 5.41) is 0. The second-order valence-corrected chi connectivity index (χ2v) is 0. The molecule has 0 N–H and O–H groups in total. The van der Waals surface area contributed by atoms with Crippen molar-refractivity contribution < 1.29 is 0 Å². The van der Waals surface area contributed by atoms with Crippen LogP contribution in [0, 0.1) is 0 Å². The van der Waals surface area contributed by atoms with E-state index < -0.39 is 0 Å². The van der Waals surface area contributed by atoms with Crippen LogP contribution < -0.4 is 0 Å². The molecule has 0 rings (SSSR count). The van der Waals surface area contributed by atoms with Crippen molar-refractivity contribution in [3.63, 3.8) is 0 Å². The highest BCUT2D eigenvalue weighted by Gasteiger charge is 1.00. The molecule has 0 bridgehead atoms. The Morgan fingerprint density at radius 3 is 0.400 bits per heavy atom. The van der Waals surface area contributed by atoms with E-state index in [0.717, 1.165) is 0 Å². The molecule has 0 aromatic carbocycles. The zero-order valence-electron chi connectivity index (χ0n) is 2.08. The summed E-state index contributed by atoms with van der Waals surface area (Å²) < 4.78 is 0. The summed E-state index contributed by atoms with van der Waals surface area (Å²) in [4.78, 5) is 0. The molecule has 0 aliphatic heterocycles. The minimum absolute atomic E-state index is 0. The SMILES string of the molecule is Br.Br.Br.Br.[P+]. The molecule has 0 unspecified atom stereocenters. The van der Waals surface area contributed by atoms with Crippen molar-refractivity contribution in [2.24, 2.45) is 0 Å². The first-order chi connectivity index (χ1) is 0. The predicted molar refractivity (Wildman–Crippen MR) is 48.2 cm³/mol. The largest absolute Gasteiger partial charge is 1.00 e. The van der Waals surface area contributed by atoms with Crippen molar-refractivity contribution in [3.8, 4) is 0 Å². The Kier molecular flexibility index (Phi) is 353. The van der Waals surface area contributed by atoms with Crippen molar-refractivity contribution >= 4 is 77.8 Å². The lowest BCUT2D eigenvalue weighted by atomic mass is 31.0. The Bertz CT molecular complexity index is 3.61. The Hall–Kier alpha value is 2.35. The Morgan fingerprint density at radius 1 is 0.400 bits per heavy atom. The third kappa shape index (κ3) is 21.8.